The summed E-state index contributed by atoms with van der Waals surface area (Å²) in [6.07, 6.45) is 0. The van der Waals surface area contributed by atoms with E-state index in [1.807, 2.05) is 42.5 Å². The molecule has 9 aromatic rings. The first-order chi connectivity index (χ1) is 38.4. The Balaban J connectivity index is 0.000000173. The highest BCUT2D eigenvalue weighted by Gasteiger charge is 2.21. The maximum atomic E-state index is 13.0. The maximum Gasteiger partial charge on any atom is 0.206 e. The van der Waals surface area contributed by atoms with Crippen molar-refractivity contribution in [3.63, 3.8) is 0 Å². The molecule has 9 aromatic carbocycles. The second-order valence-electron chi connectivity index (χ2n) is 18.0. The van der Waals surface area contributed by atoms with Crippen molar-refractivity contribution in [1.29, 1.82) is 0 Å². The summed E-state index contributed by atoms with van der Waals surface area (Å²) in [6.45, 7) is 6.01. The van der Waals surface area contributed by atoms with Crippen molar-refractivity contribution >= 4 is 96.8 Å². The number of aromatic hydroxyl groups is 3. The molecule has 0 radical (unpaired) electrons. The quantitative estimate of drug-likeness (QED) is 0.0318. The molecule has 0 amide bonds. The molecule has 0 bridgehead atoms. The Kier molecular flexibility index (Phi) is 21.6. The molecule has 0 saturated heterocycles. The lowest BCUT2D eigenvalue weighted by molar-refractivity contribution is 0.100. The summed E-state index contributed by atoms with van der Waals surface area (Å²) < 4.78 is 26.0. The zero-order valence-electron chi connectivity index (χ0n) is 43.6. The van der Waals surface area contributed by atoms with Gasteiger partial charge in [-0.3, -0.25) is 9.59 Å². The molecular formula is C63H56Cl3N3O8S3. The molecule has 0 unspecified atom stereocenters. The largest absolute Gasteiger partial charge is 0.508 e. The molecule has 0 aliphatic carbocycles. The standard InChI is InChI=1S/C22H20ClNO2S.C21H18ClNO2S.C20H18ClNO4S/c1-14-7-9-18(10-8-14)27-21-6-4-3-5-16(21)13-24-17-11-19(15(2)25)22(26)20(23)12-17;1-14(24)18-11-16(12-19(22)21(18)25)23-13-15-7-5-6-10-20(15)26-17-8-3-2-4-9-17;21-16-5-8-18(9-6-16)27(25,26)20-4-2-1-3-14(20)12-22-17-7-10-19(24)15(11-17)13-23/h3-12,24,26H,13H2,1-2H3;2-12,23,25H,13H2,1H3;1-11,22-24H,12-13H2. The third kappa shape index (κ3) is 16.6. The normalized spacial score (nSPS) is 10.8. The van der Waals surface area contributed by atoms with Crippen molar-refractivity contribution in [3.8, 4) is 17.2 Å². The molecule has 80 heavy (non-hydrogen) atoms. The summed E-state index contributed by atoms with van der Waals surface area (Å²) in [4.78, 5) is 28.4. The van der Waals surface area contributed by atoms with Crippen LogP contribution in [-0.2, 0) is 36.1 Å². The third-order valence-corrected chi connectivity index (χ3v) is 17.1. The number of aryl methyl sites for hydroxylation is 1. The Bertz CT molecular complexity index is 3720. The number of hydrogen-bond donors (Lipinski definition) is 7. The van der Waals surface area contributed by atoms with E-state index in [0.717, 1.165) is 20.9 Å². The first-order valence-corrected chi connectivity index (χ1v) is 29.1. The van der Waals surface area contributed by atoms with E-state index in [2.05, 4.69) is 83.5 Å². The molecule has 0 aliphatic rings. The van der Waals surface area contributed by atoms with Crippen LogP contribution in [0.5, 0.6) is 17.2 Å². The van der Waals surface area contributed by atoms with Crippen molar-refractivity contribution in [3.05, 3.63) is 248 Å². The minimum atomic E-state index is -3.69. The van der Waals surface area contributed by atoms with Gasteiger partial charge in [0.1, 0.15) is 17.2 Å². The van der Waals surface area contributed by atoms with Crippen molar-refractivity contribution in [2.45, 2.75) is 76.4 Å². The summed E-state index contributed by atoms with van der Waals surface area (Å²) in [6, 6.07) is 59.0. The van der Waals surface area contributed by atoms with Crippen LogP contribution in [0.15, 0.2) is 223 Å². The number of hydrogen-bond acceptors (Lipinski definition) is 13. The van der Waals surface area contributed by atoms with Crippen molar-refractivity contribution in [1.82, 2.24) is 0 Å². The van der Waals surface area contributed by atoms with Gasteiger partial charge in [-0.05, 0) is 147 Å². The third-order valence-electron chi connectivity index (χ3n) is 12.1. The summed E-state index contributed by atoms with van der Waals surface area (Å²) in [5.74, 6) is -0.801. The van der Waals surface area contributed by atoms with Crippen LogP contribution in [-0.4, -0.2) is 40.4 Å². The molecule has 11 nitrogen and oxygen atoms in total. The van der Waals surface area contributed by atoms with Crippen molar-refractivity contribution < 1.29 is 38.4 Å². The van der Waals surface area contributed by atoms with Crippen LogP contribution >= 0.6 is 58.3 Å². The summed E-state index contributed by atoms with van der Waals surface area (Å²) in [5.41, 5.74) is 6.98. The Morgan fingerprint density at radius 2 is 0.938 bits per heavy atom. The van der Waals surface area contributed by atoms with E-state index in [-0.39, 0.29) is 72.9 Å². The number of anilines is 3. The number of phenols is 3. The topological polar surface area (TPSA) is 185 Å². The number of halogens is 3. The van der Waals surface area contributed by atoms with Crippen LogP contribution in [0.2, 0.25) is 15.1 Å². The number of carbonyl (C=O) groups is 2. The highest BCUT2D eigenvalue weighted by Crippen LogP contribution is 2.36. The van der Waals surface area contributed by atoms with Crippen molar-refractivity contribution in [2.75, 3.05) is 16.0 Å². The molecular weight excluding hydrogens is 1130 g/mol. The summed E-state index contributed by atoms with van der Waals surface area (Å²) in [7, 11) is -3.69. The molecule has 0 spiro atoms. The summed E-state index contributed by atoms with van der Waals surface area (Å²) >= 11 is 21.4. The minimum Gasteiger partial charge on any atom is -0.508 e. The fourth-order valence-electron chi connectivity index (χ4n) is 7.85. The fraction of sp³-hybridized carbons (Fsp3) is 0.111. The number of aliphatic hydroxyl groups excluding tert-OH is 1. The summed E-state index contributed by atoms with van der Waals surface area (Å²) in [5, 5.41) is 49.2. The van der Waals surface area contributed by atoms with Gasteiger partial charge < -0.3 is 36.4 Å². The zero-order valence-corrected chi connectivity index (χ0v) is 48.3. The Labute approximate surface area is 489 Å². The van der Waals surface area contributed by atoms with E-state index in [0.29, 0.717) is 46.3 Å². The molecule has 0 heterocycles. The predicted molar refractivity (Wildman–Crippen MR) is 324 cm³/mol. The predicted octanol–water partition coefficient (Wildman–Crippen LogP) is 16.3. The van der Waals surface area contributed by atoms with E-state index >= 15 is 0 Å². The number of carbonyl (C=O) groups excluding carboxylic acids is 2. The van der Waals surface area contributed by atoms with E-state index in [1.54, 1.807) is 96.3 Å². The molecule has 0 fully saturated rings. The average Bonchev–Trinajstić information content (AvgIpc) is 3.47. The number of Topliss-reactive ketones (excluding diaryl/α,β-unsaturated/α-hetero) is 2. The van der Waals surface area contributed by atoms with Gasteiger partial charge in [0.05, 0.1) is 37.6 Å². The SMILES string of the molecule is CC(=O)c1cc(NCc2ccccc2Sc2ccc(C)cc2)cc(Cl)c1O.CC(=O)c1cc(NCc2ccccc2Sc2ccccc2)cc(Cl)c1O.O=S(=O)(c1ccc(Cl)cc1)c1ccccc1CNc1ccc(O)c(CO)c1. The van der Waals surface area contributed by atoms with Gasteiger partial charge in [-0.15, -0.1) is 0 Å². The van der Waals surface area contributed by atoms with Gasteiger partial charge in [0.2, 0.25) is 9.84 Å². The van der Waals surface area contributed by atoms with Gasteiger partial charge in [0.15, 0.2) is 11.6 Å². The second-order valence-corrected chi connectivity index (χ2v) is 23.4. The molecule has 410 valence electrons. The number of nitrogens with one attached hydrogen (secondary N) is 3. The molecule has 0 aliphatic heterocycles. The van der Waals surface area contributed by atoms with Gasteiger partial charge >= 0.3 is 0 Å². The first kappa shape index (κ1) is 60.2. The van der Waals surface area contributed by atoms with E-state index < -0.39 is 9.84 Å². The molecule has 9 rings (SSSR count). The molecule has 7 N–H and O–H groups in total. The number of phenolic OH excluding ortho intramolecular Hbond substituents is 2. The van der Waals surface area contributed by atoms with Gasteiger partial charge in [0.25, 0.3) is 0 Å². The van der Waals surface area contributed by atoms with Crippen LogP contribution in [0.3, 0.4) is 0 Å². The first-order valence-electron chi connectivity index (χ1n) is 24.8. The van der Waals surface area contributed by atoms with Crippen LogP contribution in [0.1, 0.15) is 62.4 Å². The van der Waals surface area contributed by atoms with E-state index in [4.69, 9.17) is 34.8 Å². The smallest absolute Gasteiger partial charge is 0.206 e. The molecule has 17 heteroatoms. The number of ketones is 2. The number of aliphatic hydroxyl groups is 1. The average molecular weight is 1190 g/mol. The zero-order chi connectivity index (χ0) is 57.3. The van der Waals surface area contributed by atoms with Crippen LogP contribution < -0.4 is 16.0 Å². The van der Waals surface area contributed by atoms with Crippen LogP contribution in [0.4, 0.5) is 17.1 Å². The van der Waals surface area contributed by atoms with Crippen molar-refractivity contribution in [2.24, 2.45) is 0 Å². The molecule has 0 saturated carbocycles. The highest BCUT2D eigenvalue weighted by atomic mass is 35.5. The molecule has 0 atom stereocenters. The lowest BCUT2D eigenvalue weighted by atomic mass is 10.1. The Hall–Kier alpha value is -7.40. The van der Waals surface area contributed by atoms with Gasteiger partial charge in [-0.1, -0.05) is 149 Å². The lowest BCUT2D eigenvalue weighted by Gasteiger charge is -2.13. The maximum absolute atomic E-state index is 13.0. The fourth-order valence-corrected chi connectivity index (χ4v) is 11.8. The number of benzene rings is 9. The Morgan fingerprint density at radius 3 is 1.45 bits per heavy atom. The van der Waals surface area contributed by atoms with Gasteiger partial charge in [0, 0.05) is 66.9 Å². The Morgan fingerprint density at radius 1 is 0.487 bits per heavy atom. The minimum absolute atomic E-state index is 0.00812. The lowest BCUT2D eigenvalue weighted by Crippen LogP contribution is -2.09. The van der Waals surface area contributed by atoms with E-state index in [1.165, 1.54) is 47.4 Å². The van der Waals surface area contributed by atoms with Gasteiger partial charge in [-0.25, -0.2) is 8.42 Å². The van der Waals surface area contributed by atoms with Crippen LogP contribution in [0.25, 0.3) is 0 Å². The second kappa shape index (κ2) is 28.7. The van der Waals surface area contributed by atoms with E-state index in [9.17, 15) is 38.4 Å². The molecule has 0 aromatic heterocycles. The van der Waals surface area contributed by atoms with Crippen LogP contribution in [0, 0.1) is 6.92 Å². The number of sulfone groups is 1. The number of rotatable bonds is 18. The monoisotopic (exact) mass is 1180 g/mol. The van der Waals surface area contributed by atoms with Gasteiger partial charge in [-0.2, -0.15) is 0 Å². The highest BCUT2D eigenvalue weighted by molar-refractivity contribution is 7.99.